The smallest absolute Gasteiger partial charge is 0.115 e. The van der Waals surface area contributed by atoms with Gasteiger partial charge < -0.3 is 0 Å². The number of nitrogens with zero attached hydrogens (tertiary/aromatic N) is 2. The molecule has 1 fully saturated rings. The van der Waals surface area contributed by atoms with Crippen LogP contribution in [-0.2, 0) is 0 Å². The Hall–Kier alpha value is -0.570. The molecule has 0 amide bonds. The first-order valence-electron chi connectivity index (χ1n) is 3.28. The van der Waals surface area contributed by atoms with Gasteiger partial charge in [-0.1, -0.05) is 6.92 Å². The summed E-state index contributed by atoms with van der Waals surface area (Å²) in [4.78, 5) is 7.91. The van der Waals surface area contributed by atoms with Crippen LogP contribution in [0.5, 0.6) is 0 Å². The zero-order chi connectivity index (χ0) is 6.97. The van der Waals surface area contributed by atoms with Gasteiger partial charge in [0.05, 0.1) is 0 Å². The zero-order valence-electron chi connectivity index (χ0n) is 5.69. The minimum atomic E-state index is 0.668. The van der Waals surface area contributed by atoms with Crippen molar-refractivity contribution in [3.63, 3.8) is 0 Å². The molecule has 0 radical (unpaired) electrons. The molecule has 52 valence electrons. The molecule has 0 bridgehead atoms. The van der Waals surface area contributed by atoms with Crippen molar-refractivity contribution in [2.45, 2.75) is 17.4 Å². The molecule has 2 heterocycles. The number of rotatable bonds is 1. The molecule has 10 heavy (non-hydrogen) atoms. The van der Waals surface area contributed by atoms with Crippen molar-refractivity contribution in [3.8, 4) is 0 Å². The molecule has 2 rings (SSSR count). The molecule has 1 aromatic heterocycles. The van der Waals surface area contributed by atoms with E-state index in [1.165, 1.54) is 5.56 Å². The van der Waals surface area contributed by atoms with Gasteiger partial charge in [-0.15, -0.1) is 11.8 Å². The van der Waals surface area contributed by atoms with Crippen molar-refractivity contribution in [2.24, 2.45) is 0 Å². The van der Waals surface area contributed by atoms with Gasteiger partial charge in [0.1, 0.15) is 6.33 Å². The van der Waals surface area contributed by atoms with E-state index in [0.717, 1.165) is 5.25 Å². The highest BCUT2D eigenvalue weighted by Crippen LogP contribution is 2.53. The van der Waals surface area contributed by atoms with Gasteiger partial charge in [-0.25, -0.2) is 9.97 Å². The maximum atomic E-state index is 3.96. The normalized spacial score (nSPS) is 30.1. The molecule has 1 saturated heterocycles. The van der Waals surface area contributed by atoms with Gasteiger partial charge in [0.25, 0.3) is 0 Å². The van der Waals surface area contributed by atoms with Gasteiger partial charge >= 0.3 is 0 Å². The maximum Gasteiger partial charge on any atom is 0.115 e. The van der Waals surface area contributed by atoms with E-state index in [9.17, 15) is 0 Å². The van der Waals surface area contributed by atoms with Crippen molar-refractivity contribution in [2.75, 3.05) is 0 Å². The number of aromatic nitrogens is 2. The predicted molar refractivity (Wildman–Crippen MR) is 41.8 cm³/mol. The highest BCUT2D eigenvalue weighted by Gasteiger charge is 2.35. The first-order valence-corrected chi connectivity index (χ1v) is 4.22. The molecule has 0 aromatic carbocycles. The van der Waals surface area contributed by atoms with Gasteiger partial charge in [0, 0.05) is 28.5 Å². The maximum absolute atomic E-state index is 3.96. The summed E-state index contributed by atoms with van der Waals surface area (Å²) in [5.74, 6) is 0. The molecule has 1 aliphatic heterocycles. The quantitative estimate of drug-likeness (QED) is 0.572. The van der Waals surface area contributed by atoms with E-state index < -0.39 is 0 Å². The van der Waals surface area contributed by atoms with Gasteiger partial charge in [0.2, 0.25) is 0 Å². The summed E-state index contributed by atoms with van der Waals surface area (Å²) < 4.78 is 0. The molecule has 0 saturated carbocycles. The molecule has 2 nitrogen and oxygen atoms in total. The summed E-state index contributed by atoms with van der Waals surface area (Å²) in [6.07, 6.45) is 5.36. The fourth-order valence-electron chi connectivity index (χ4n) is 0.993. The Morgan fingerprint density at radius 2 is 2.00 bits per heavy atom. The number of hydrogen-bond acceptors (Lipinski definition) is 3. The molecule has 3 heteroatoms. The minimum absolute atomic E-state index is 0.668. The van der Waals surface area contributed by atoms with Gasteiger partial charge in [-0.3, -0.25) is 0 Å². The van der Waals surface area contributed by atoms with Crippen molar-refractivity contribution < 1.29 is 0 Å². The van der Waals surface area contributed by atoms with E-state index in [2.05, 4.69) is 16.9 Å². The van der Waals surface area contributed by atoms with Crippen LogP contribution >= 0.6 is 11.8 Å². The molecule has 0 aliphatic carbocycles. The van der Waals surface area contributed by atoms with E-state index in [-0.39, 0.29) is 0 Å². The van der Waals surface area contributed by atoms with Crippen LogP contribution < -0.4 is 0 Å². The van der Waals surface area contributed by atoms with Gasteiger partial charge in [-0.2, -0.15) is 0 Å². The summed E-state index contributed by atoms with van der Waals surface area (Å²) in [6, 6.07) is 0. The molecular weight excluding hydrogens is 144 g/mol. The van der Waals surface area contributed by atoms with Crippen LogP contribution in [-0.4, -0.2) is 15.2 Å². The summed E-state index contributed by atoms with van der Waals surface area (Å²) >= 11 is 1.96. The minimum Gasteiger partial charge on any atom is -0.244 e. The van der Waals surface area contributed by atoms with Crippen LogP contribution in [0.15, 0.2) is 18.7 Å². The monoisotopic (exact) mass is 152 g/mol. The highest BCUT2D eigenvalue weighted by atomic mass is 32.2. The summed E-state index contributed by atoms with van der Waals surface area (Å²) in [6.45, 7) is 2.22. The third-order valence-corrected chi connectivity index (χ3v) is 2.98. The molecule has 0 N–H and O–H groups in total. The van der Waals surface area contributed by atoms with Crippen molar-refractivity contribution in [3.05, 3.63) is 24.3 Å². The molecule has 0 spiro atoms. The van der Waals surface area contributed by atoms with E-state index >= 15 is 0 Å². The van der Waals surface area contributed by atoms with Crippen LogP contribution in [0.2, 0.25) is 0 Å². The van der Waals surface area contributed by atoms with Crippen LogP contribution in [0.4, 0.5) is 0 Å². The zero-order valence-corrected chi connectivity index (χ0v) is 6.51. The lowest BCUT2D eigenvalue weighted by molar-refractivity contribution is 0.992. The standard InChI is InChI=1S/C7H8N2S/c1-5-7(10-5)6-2-8-4-9-3-6/h2-5,7H,1H3. The van der Waals surface area contributed by atoms with Gasteiger partial charge in [-0.05, 0) is 0 Å². The highest BCUT2D eigenvalue weighted by molar-refractivity contribution is 8.07. The van der Waals surface area contributed by atoms with Crippen molar-refractivity contribution in [1.29, 1.82) is 0 Å². The topological polar surface area (TPSA) is 25.8 Å². The molecular formula is C7H8N2S. The van der Waals surface area contributed by atoms with Crippen LogP contribution in [0.1, 0.15) is 17.7 Å². The lowest BCUT2D eigenvalue weighted by atomic mass is 10.2. The predicted octanol–water partition coefficient (Wildman–Crippen LogP) is 1.65. The first kappa shape index (κ1) is 6.16. The average molecular weight is 152 g/mol. The average Bonchev–Trinajstić information content (AvgIpc) is 2.69. The molecule has 1 aromatic rings. The third kappa shape index (κ3) is 1.01. The Kier molecular flexibility index (Phi) is 1.38. The molecule has 2 atom stereocenters. The van der Waals surface area contributed by atoms with E-state index in [4.69, 9.17) is 0 Å². The van der Waals surface area contributed by atoms with E-state index in [0.29, 0.717) is 5.25 Å². The van der Waals surface area contributed by atoms with E-state index in [1.54, 1.807) is 6.33 Å². The summed E-state index contributed by atoms with van der Waals surface area (Å²) in [5, 5.41) is 1.44. The Bertz CT molecular complexity index is 224. The Morgan fingerprint density at radius 3 is 2.50 bits per heavy atom. The number of hydrogen-bond donors (Lipinski definition) is 0. The third-order valence-electron chi connectivity index (χ3n) is 1.62. The Labute approximate surface area is 64.1 Å². The second-order valence-electron chi connectivity index (χ2n) is 2.43. The van der Waals surface area contributed by atoms with Crippen LogP contribution in [0.25, 0.3) is 0 Å². The number of thioether (sulfide) groups is 1. The lowest BCUT2D eigenvalue weighted by Crippen LogP contribution is -1.85. The molecule has 1 aliphatic rings. The lowest BCUT2D eigenvalue weighted by Gasteiger charge is -1.91. The molecule has 2 unspecified atom stereocenters. The van der Waals surface area contributed by atoms with Crippen LogP contribution in [0.3, 0.4) is 0 Å². The summed E-state index contributed by atoms with van der Waals surface area (Å²) in [5.41, 5.74) is 1.26. The Morgan fingerprint density at radius 1 is 1.40 bits per heavy atom. The first-order chi connectivity index (χ1) is 4.88. The second kappa shape index (κ2) is 2.23. The van der Waals surface area contributed by atoms with Crippen molar-refractivity contribution in [1.82, 2.24) is 9.97 Å². The Balaban J connectivity index is 2.20. The summed E-state index contributed by atoms with van der Waals surface area (Å²) in [7, 11) is 0. The van der Waals surface area contributed by atoms with Crippen LogP contribution in [0, 0.1) is 0 Å². The van der Waals surface area contributed by atoms with Gasteiger partial charge in [0.15, 0.2) is 0 Å². The SMILES string of the molecule is CC1SC1c1cncnc1. The fourth-order valence-corrected chi connectivity index (χ4v) is 1.80. The largest absolute Gasteiger partial charge is 0.244 e. The second-order valence-corrected chi connectivity index (χ2v) is 3.96. The fraction of sp³-hybridized carbons (Fsp3) is 0.429. The van der Waals surface area contributed by atoms with E-state index in [1.807, 2.05) is 24.2 Å². The van der Waals surface area contributed by atoms with Crippen molar-refractivity contribution >= 4 is 11.8 Å².